The smallest absolute Gasteiger partial charge is 0.142 e. The Morgan fingerprint density at radius 1 is 1.67 bits per heavy atom. The van der Waals surface area contributed by atoms with Crippen molar-refractivity contribution >= 4 is 5.70 Å². The van der Waals surface area contributed by atoms with Crippen LogP contribution in [0.4, 0.5) is 4.39 Å². The summed E-state index contributed by atoms with van der Waals surface area (Å²) in [6, 6.07) is 0. The van der Waals surface area contributed by atoms with Gasteiger partial charge >= 0.3 is 0 Å². The Bertz CT molecular complexity index is 333. The van der Waals surface area contributed by atoms with E-state index < -0.39 is 12.8 Å². The SMILES string of the molecule is C=C(CCF)n1ccnc1C(O)C(C)C. The van der Waals surface area contributed by atoms with E-state index in [0.717, 1.165) is 0 Å². The van der Waals surface area contributed by atoms with Crippen LogP contribution in [0.5, 0.6) is 0 Å². The van der Waals surface area contributed by atoms with Crippen molar-refractivity contribution in [2.45, 2.75) is 26.4 Å². The number of nitrogens with zero attached hydrogens (tertiary/aromatic N) is 2. The number of alkyl halides is 1. The van der Waals surface area contributed by atoms with Gasteiger partial charge in [-0.15, -0.1) is 0 Å². The minimum absolute atomic E-state index is 0.0735. The quantitative estimate of drug-likeness (QED) is 0.813. The molecule has 0 bridgehead atoms. The molecule has 4 heteroatoms. The van der Waals surface area contributed by atoms with Gasteiger partial charge < -0.3 is 9.67 Å². The van der Waals surface area contributed by atoms with Gasteiger partial charge in [0.1, 0.15) is 11.9 Å². The predicted molar refractivity (Wildman–Crippen MR) is 57.9 cm³/mol. The van der Waals surface area contributed by atoms with Crippen molar-refractivity contribution in [2.24, 2.45) is 5.92 Å². The van der Waals surface area contributed by atoms with E-state index in [0.29, 0.717) is 11.5 Å². The zero-order valence-electron chi connectivity index (χ0n) is 9.15. The summed E-state index contributed by atoms with van der Waals surface area (Å²) < 4.78 is 13.8. The lowest BCUT2D eigenvalue weighted by atomic mass is 10.1. The second-order valence-corrected chi connectivity index (χ2v) is 3.85. The molecular formula is C11H17FN2O. The van der Waals surface area contributed by atoms with Crippen LogP contribution in [0.1, 0.15) is 32.2 Å². The first-order valence-electron chi connectivity index (χ1n) is 5.03. The summed E-state index contributed by atoms with van der Waals surface area (Å²) in [5.41, 5.74) is 0.615. The second kappa shape index (κ2) is 5.07. The van der Waals surface area contributed by atoms with Crippen LogP contribution in [0.2, 0.25) is 0 Å². The topological polar surface area (TPSA) is 38.0 Å². The Labute approximate surface area is 89.3 Å². The number of aromatic nitrogens is 2. The van der Waals surface area contributed by atoms with Crippen molar-refractivity contribution in [3.63, 3.8) is 0 Å². The standard InChI is InChI=1S/C11H17FN2O/c1-8(2)10(15)11-13-6-7-14(11)9(3)4-5-12/h6-8,10,15H,3-5H2,1-2H3. The highest BCUT2D eigenvalue weighted by molar-refractivity contribution is 5.42. The van der Waals surface area contributed by atoms with E-state index in [-0.39, 0.29) is 12.3 Å². The molecule has 0 amide bonds. The van der Waals surface area contributed by atoms with Crippen molar-refractivity contribution < 1.29 is 9.50 Å². The third-order valence-corrected chi connectivity index (χ3v) is 2.29. The molecular weight excluding hydrogens is 195 g/mol. The van der Waals surface area contributed by atoms with E-state index in [4.69, 9.17) is 0 Å². The Morgan fingerprint density at radius 3 is 2.87 bits per heavy atom. The van der Waals surface area contributed by atoms with E-state index in [9.17, 15) is 9.50 Å². The Kier molecular flexibility index (Phi) is 4.03. The number of aliphatic hydroxyl groups excluding tert-OH is 1. The number of allylic oxidation sites excluding steroid dienone is 1. The van der Waals surface area contributed by atoms with Gasteiger partial charge in [-0.3, -0.25) is 4.39 Å². The largest absolute Gasteiger partial charge is 0.385 e. The van der Waals surface area contributed by atoms with Crippen LogP contribution in [0.3, 0.4) is 0 Å². The molecule has 0 aliphatic heterocycles. The maximum atomic E-state index is 12.2. The molecule has 0 spiro atoms. The fourth-order valence-electron chi connectivity index (χ4n) is 1.33. The fraction of sp³-hybridized carbons (Fsp3) is 0.545. The maximum absolute atomic E-state index is 12.2. The molecule has 0 aliphatic carbocycles. The molecule has 0 aromatic carbocycles. The number of halogens is 1. The Hall–Kier alpha value is -1.16. The zero-order chi connectivity index (χ0) is 11.4. The molecule has 3 nitrogen and oxygen atoms in total. The van der Waals surface area contributed by atoms with E-state index in [2.05, 4.69) is 11.6 Å². The Balaban J connectivity index is 2.91. The minimum atomic E-state index is -0.642. The number of rotatable bonds is 5. The van der Waals surface area contributed by atoms with Gasteiger partial charge in [-0.25, -0.2) is 4.98 Å². The fourth-order valence-corrected chi connectivity index (χ4v) is 1.33. The summed E-state index contributed by atoms with van der Waals surface area (Å²) in [5.74, 6) is 0.604. The lowest BCUT2D eigenvalue weighted by Gasteiger charge is -2.16. The van der Waals surface area contributed by atoms with Gasteiger partial charge in [0, 0.05) is 24.5 Å². The van der Waals surface area contributed by atoms with Gasteiger partial charge in [-0.1, -0.05) is 20.4 Å². The van der Waals surface area contributed by atoms with E-state index in [1.54, 1.807) is 17.0 Å². The van der Waals surface area contributed by atoms with Gasteiger partial charge in [0.05, 0.1) is 6.67 Å². The molecule has 1 heterocycles. The number of hydrogen-bond donors (Lipinski definition) is 1. The third-order valence-electron chi connectivity index (χ3n) is 2.29. The lowest BCUT2D eigenvalue weighted by molar-refractivity contribution is 0.116. The predicted octanol–water partition coefficient (Wildman–Crippen LogP) is 2.40. The molecule has 15 heavy (non-hydrogen) atoms. The van der Waals surface area contributed by atoms with E-state index >= 15 is 0 Å². The summed E-state index contributed by atoms with van der Waals surface area (Å²) in [6.07, 6.45) is 2.90. The van der Waals surface area contributed by atoms with Crippen LogP contribution in [0.25, 0.3) is 5.70 Å². The first kappa shape index (κ1) is 11.9. The highest BCUT2D eigenvalue weighted by atomic mass is 19.1. The summed E-state index contributed by atoms with van der Waals surface area (Å²) in [6.45, 7) is 7.12. The van der Waals surface area contributed by atoms with Gasteiger partial charge in [-0.2, -0.15) is 0 Å². The molecule has 1 aromatic rings. The molecule has 1 aromatic heterocycles. The van der Waals surface area contributed by atoms with Crippen molar-refractivity contribution in [3.05, 3.63) is 24.8 Å². The summed E-state index contributed by atoms with van der Waals surface area (Å²) in [5, 5.41) is 9.87. The molecule has 0 saturated heterocycles. The minimum Gasteiger partial charge on any atom is -0.385 e. The monoisotopic (exact) mass is 212 g/mol. The molecule has 84 valence electrons. The number of imidazole rings is 1. The summed E-state index contributed by atoms with van der Waals surface area (Å²) >= 11 is 0. The average Bonchev–Trinajstić information content (AvgIpc) is 2.65. The highest BCUT2D eigenvalue weighted by Crippen LogP contribution is 2.22. The van der Waals surface area contributed by atoms with E-state index in [1.807, 2.05) is 13.8 Å². The first-order valence-corrected chi connectivity index (χ1v) is 5.03. The molecule has 1 unspecified atom stereocenters. The summed E-state index contributed by atoms with van der Waals surface area (Å²) in [7, 11) is 0. The first-order chi connectivity index (χ1) is 7.07. The van der Waals surface area contributed by atoms with E-state index in [1.165, 1.54) is 0 Å². The van der Waals surface area contributed by atoms with Gasteiger partial charge in [-0.05, 0) is 5.92 Å². The summed E-state index contributed by atoms with van der Waals surface area (Å²) in [4.78, 5) is 4.07. The van der Waals surface area contributed by atoms with Crippen molar-refractivity contribution in [2.75, 3.05) is 6.67 Å². The average molecular weight is 212 g/mol. The van der Waals surface area contributed by atoms with Gasteiger partial charge in [0.25, 0.3) is 0 Å². The van der Waals surface area contributed by atoms with Crippen LogP contribution in [-0.4, -0.2) is 21.3 Å². The number of aliphatic hydroxyl groups is 1. The van der Waals surface area contributed by atoms with Crippen LogP contribution in [0.15, 0.2) is 19.0 Å². The molecule has 1 N–H and O–H groups in total. The maximum Gasteiger partial charge on any atom is 0.142 e. The molecule has 1 atom stereocenters. The van der Waals surface area contributed by atoms with Crippen LogP contribution in [0, 0.1) is 5.92 Å². The lowest BCUT2D eigenvalue weighted by Crippen LogP contribution is -2.12. The zero-order valence-corrected chi connectivity index (χ0v) is 9.15. The molecule has 0 aliphatic rings. The normalized spacial score (nSPS) is 13.1. The van der Waals surface area contributed by atoms with Crippen LogP contribution in [-0.2, 0) is 0 Å². The van der Waals surface area contributed by atoms with Crippen LogP contribution >= 0.6 is 0 Å². The highest BCUT2D eigenvalue weighted by Gasteiger charge is 2.18. The Morgan fingerprint density at radius 2 is 2.33 bits per heavy atom. The number of hydrogen-bond acceptors (Lipinski definition) is 2. The molecule has 1 rings (SSSR count). The second-order valence-electron chi connectivity index (χ2n) is 3.85. The van der Waals surface area contributed by atoms with Crippen molar-refractivity contribution in [3.8, 4) is 0 Å². The van der Waals surface area contributed by atoms with Crippen LogP contribution < -0.4 is 0 Å². The molecule has 0 saturated carbocycles. The van der Waals surface area contributed by atoms with Gasteiger partial charge in [0.2, 0.25) is 0 Å². The van der Waals surface area contributed by atoms with Crippen molar-refractivity contribution in [1.82, 2.24) is 9.55 Å². The van der Waals surface area contributed by atoms with Gasteiger partial charge in [0.15, 0.2) is 0 Å². The molecule has 0 fully saturated rings. The third kappa shape index (κ3) is 2.65. The van der Waals surface area contributed by atoms with Crippen molar-refractivity contribution in [1.29, 1.82) is 0 Å². The molecule has 0 radical (unpaired) electrons.